The van der Waals surface area contributed by atoms with E-state index in [1.807, 2.05) is 0 Å². The maximum Gasteiger partial charge on any atom is 0.139 e. The molecule has 110 valence electrons. The van der Waals surface area contributed by atoms with Crippen LogP contribution in [0.1, 0.15) is 58.8 Å². The van der Waals surface area contributed by atoms with Crippen LogP contribution in [-0.4, -0.2) is 11.5 Å². The van der Waals surface area contributed by atoms with Gasteiger partial charge in [0.15, 0.2) is 0 Å². The van der Waals surface area contributed by atoms with Crippen LogP contribution in [0.25, 0.3) is 0 Å². The monoisotopic (exact) mass is 290 g/mol. The summed E-state index contributed by atoms with van der Waals surface area (Å²) < 4.78 is 0. The van der Waals surface area contributed by atoms with Gasteiger partial charge in [-0.05, 0) is 66.9 Å². The molecule has 0 N–H and O–H groups in total. The molecule has 0 aromatic carbocycles. The molecule has 2 heteroatoms. The van der Waals surface area contributed by atoms with Crippen LogP contribution < -0.4 is 0 Å². The number of Topliss-reactive ketones (excluding diaryl/α,β-unsaturated/α-hetero) is 1. The van der Waals surface area contributed by atoms with Crippen LogP contribution in [0.2, 0.25) is 0 Å². The van der Waals surface area contributed by atoms with Crippen molar-refractivity contribution in [3.8, 4) is 0 Å². The number of fused-ring (bicyclic) bond motifs is 5. The number of allylic oxidation sites excluding steroid dienone is 2. The Kier molecular flexibility index (Phi) is 2.94. The predicted molar refractivity (Wildman–Crippen MR) is 84.6 cm³/mol. The molecule has 20 heavy (non-hydrogen) atoms. The molecule has 1 saturated heterocycles. The number of carbonyl (C=O) groups is 1. The lowest BCUT2D eigenvalue weighted by Crippen LogP contribution is -2.49. The van der Waals surface area contributed by atoms with Crippen molar-refractivity contribution in [3.63, 3.8) is 0 Å². The fraction of sp³-hybridized carbons (Fsp3) is 0.833. The summed E-state index contributed by atoms with van der Waals surface area (Å²) in [5.74, 6) is 4.19. The molecule has 0 unspecified atom stereocenters. The van der Waals surface area contributed by atoms with E-state index >= 15 is 0 Å². The molecule has 2 saturated carbocycles. The first-order valence-electron chi connectivity index (χ1n) is 8.42. The molecule has 4 rings (SSSR count). The van der Waals surface area contributed by atoms with Crippen molar-refractivity contribution in [2.45, 2.75) is 58.8 Å². The zero-order valence-corrected chi connectivity index (χ0v) is 13.6. The standard InChI is InChI=1S/C18H26OS/c1-17-10-8-14-12(13(17)5-6-15(17)19)4-7-16-18(14,2)9-3-11-20-16/h7,12-14H,3-6,8-11H2,1-2H3/t12-,13-,14-,17-,18+/m0/s1. The van der Waals surface area contributed by atoms with Gasteiger partial charge < -0.3 is 0 Å². The summed E-state index contributed by atoms with van der Waals surface area (Å²) in [7, 11) is 0. The Bertz CT molecular complexity index is 482. The first kappa shape index (κ1) is 13.4. The lowest BCUT2D eigenvalue weighted by Gasteiger charge is -2.55. The highest BCUT2D eigenvalue weighted by Crippen LogP contribution is 2.64. The summed E-state index contributed by atoms with van der Waals surface area (Å²) in [5, 5.41) is 0. The van der Waals surface area contributed by atoms with E-state index in [2.05, 4.69) is 31.7 Å². The number of ketones is 1. The van der Waals surface area contributed by atoms with Gasteiger partial charge in [0.1, 0.15) is 5.78 Å². The average molecular weight is 290 g/mol. The first-order chi connectivity index (χ1) is 9.56. The zero-order chi connectivity index (χ0) is 14.0. The highest BCUT2D eigenvalue weighted by atomic mass is 32.2. The smallest absolute Gasteiger partial charge is 0.139 e. The third kappa shape index (κ3) is 1.60. The highest BCUT2D eigenvalue weighted by molar-refractivity contribution is 8.03. The van der Waals surface area contributed by atoms with Crippen LogP contribution in [0.3, 0.4) is 0 Å². The third-order valence-electron chi connectivity index (χ3n) is 7.20. The fourth-order valence-corrected chi connectivity index (χ4v) is 7.30. The number of rotatable bonds is 0. The van der Waals surface area contributed by atoms with E-state index in [1.165, 1.54) is 37.9 Å². The Morgan fingerprint density at radius 1 is 1.15 bits per heavy atom. The van der Waals surface area contributed by atoms with E-state index in [0.717, 1.165) is 24.7 Å². The van der Waals surface area contributed by atoms with Crippen molar-refractivity contribution in [1.82, 2.24) is 0 Å². The van der Waals surface area contributed by atoms with Crippen LogP contribution in [0.15, 0.2) is 11.0 Å². The summed E-state index contributed by atoms with van der Waals surface area (Å²) in [6.45, 7) is 4.81. The van der Waals surface area contributed by atoms with Crippen LogP contribution in [0.5, 0.6) is 0 Å². The lowest BCUT2D eigenvalue weighted by molar-refractivity contribution is -0.131. The van der Waals surface area contributed by atoms with Crippen molar-refractivity contribution in [2.75, 3.05) is 5.75 Å². The second kappa shape index (κ2) is 4.38. The van der Waals surface area contributed by atoms with Crippen molar-refractivity contribution in [1.29, 1.82) is 0 Å². The second-order valence-corrected chi connectivity index (χ2v) is 9.11. The second-order valence-electron chi connectivity index (χ2n) is 7.97. The Morgan fingerprint density at radius 2 is 1.95 bits per heavy atom. The van der Waals surface area contributed by atoms with Crippen molar-refractivity contribution >= 4 is 17.5 Å². The molecule has 3 aliphatic carbocycles. The Morgan fingerprint density at radius 3 is 2.80 bits per heavy atom. The summed E-state index contributed by atoms with van der Waals surface area (Å²) in [6.07, 6.45) is 11.0. The third-order valence-corrected chi connectivity index (χ3v) is 8.64. The quantitative estimate of drug-likeness (QED) is 0.636. The molecule has 1 heterocycles. The van der Waals surface area contributed by atoms with Crippen molar-refractivity contribution in [3.05, 3.63) is 11.0 Å². The van der Waals surface area contributed by atoms with E-state index < -0.39 is 0 Å². The summed E-state index contributed by atoms with van der Waals surface area (Å²) >= 11 is 2.12. The molecule has 0 radical (unpaired) electrons. The minimum absolute atomic E-state index is 0.0324. The van der Waals surface area contributed by atoms with E-state index in [4.69, 9.17) is 0 Å². The highest BCUT2D eigenvalue weighted by Gasteiger charge is 2.58. The maximum atomic E-state index is 12.3. The van der Waals surface area contributed by atoms with Gasteiger partial charge in [-0.3, -0.25) is 4.79 Å². The molecule has 0 spiro atoms. The average Bonchev–Trinajstić information content (AvgIpc) is 2.74. The summed E-state index contributed by atoms with van der Waals surface area (Å²) in [5.41, 5.74) is 0.476. The van der Waals surface area contributed by atoms with Crippen LogP contribution >= 0.6 is 11.8 Å². The van der Waals surface area contributed by atoms with Gasteiger partial charge in [0, 0.05) is 17.3 Å². The minimum Gasteiger partial charge on any atom is -0.299 e. The van der Waals surface area contributed by atoms with Crippen LogP contribution in [0, 0.1) is 28.6 Å². The summed E-state index contributed by atoms with van der Waals surface area (Å²) in [6, 6.07) is 0. The molecule has 1 nitrogen and oxygen atoms in total. The molecular formula is C18H26OS. The number of hydrogen-bond donors (Lipinski definition) is 0. The van der Waals surface area contributed by atoms with Gasteiger partial charge in [-0.15, -0.1) is 11.8 Å². The summed E-state index contributed by atoms with van der Waals surface area (Å²) in [4.78, 5) is 14.0. The topological polar surface area (TPSA) is 17.1 Å². The van der Waals surface area contributed by atoms with Crippen molar-refractivity contribution < 1.29 is 4.79 Å². The Hall–Kier alpha value is -0.240. The van der Waals surface area contributed by atoms with Crippen molar-refractivity contribution in [2.24, 2.45) is 28.6 Å². The van der Waals surface area contributed by atoms with Gasteiger partial charge in [-0.2, -0.15) is 0 Å². The van der Waals surface area contributed by atoms with E-state index in [1.54, 1.807) is 4.91 Å². The number of hydrogen-bond acceptors (Lipinski definition) is 2. The van der Waals surface area contributed by atoms with Crippen LogP contribution in [-0.2, 0) is 4.79 Å². The zero-order valence-electron chi connectivity index (χ0n) is 12.8. The van der Waals surface area contributed by atoms with E-state index in [0.29, 0.717) is 17.1 Å². The molecule has 5 atom stereocenters. The molecule has 0 bridgehead atoms. The van der Waals surface area contributed by atoms with Gasteiger partial charge in [0.05, 0.1) is 0 Å². The van der Waals surface area contributed by atoms with Gasteiger partial charge in [-0.25, -0.2) is 0 Å². The molecule has 0 amide bonds. The first-order valence-corrected chi connectivity index (χ1v) is 9.41. The molecule has 0 aromatic rings. The SMILES string of the molecule is C[C@]12CCCSC1=CC[C@@H]1[C@@H]2CC[C@]2(C)C(=O)CC[C@@H]12. The molecule has 0 aromatic heterocycles. The van der Waals surface area contributed by atoms with E-state index in [-0.39, 0.29) is 5.41 Å². The number of thioether (sulfide) groups is 1. The minimum atomic E-state index is 0.0324. The Labute approximate surface area is 127 Å². The van der Waals surface area contributed by atoms with Crippen LogP contribution in [0.4, 0.5) is 0 Å². The molecule has 1 aliphatic heterocycles. The Balaban J connectivity index is 1.71. The van der Waals surface area contributed by atoms with Gasteiger partial charge in [0.2, 0.25) is 0 Å². The van der Waals surface area contributed by atoms with E-state index in [9.17, 15) is 4.79 Å². The van der Waals surface area contributed by atoms with Gasteiger partial charge >= 0.3 is 0 Å². The number of carbonyl (C=O) groups excluding carboxylic acids is 1. The molecule has 4 aliphatic rings. The van der Waals surface area contributed by atoms with Gasteiger partial charge in [0.25, 0.3) is 0 Å². The lowest BCUT2D eigenvalue weighted by atomic mass is 9.51. The maximum absolute atomic E-state index is 12.3. The van der Waals surface area contributed by atoms with Gasteiger partial charge in [-0.1, -0.05) is 19.9 Å². The predicted octanol–water partition coefficient (Wildman–Crippen LogP) is 4.82. The fourth-order valence-electron chi connectivity index (χ4n) is 5.99. The largest absolute Gasteiger partial charge is 0.299 e. The molecular weight excluding hydrogens is 264 g/mol. The normalized spacial score (nSPS) is 51.0. The molecule has 3 fully saturated rings.